The molecule has 0 bridgehead atoms. The molecule has 2 rings (SSSR count). The number of amides is 1. The van der Waals surface area contributed by atoms with Gasteiger partial charge in [-0.1, -0.05) is 38.0 Å². The quantitative estimate of drug-likeness (QED) is 0.693. The highest BCUT2D eigenvalue weighted by Gasteiger charge is 2.24. The Balaban J connectivity index is 1.73. The second-order valence-corrected chi connectivity index (χ2v) is 8.33. The van der Waals surface area contributed by atoms with E-state index in [1.807, 2.05) is 6.92 Å². The molecule has 6 heteroatoms. The van der Waals surface area contributed by atoms with Gasteiger partial charge in [0.1, 0.15) is 6.10 Å². The fourth-order valence-electron chi connectivity index (χ4n) is 2.93. The summed E-state index contributed by atoms with van der Waals surface area (Å²) in [6, 6.07) is 8.39. The Bertz CT molecular complexity index is 609. The number of hydrogen-bond donors (Lipinski definition) is 1. The van der Waals surface area contributed by atoms with Gasteiger partial charge in [-0.3, -0.25) is 4.79 Å². The zero-order valence-electron chi connectivity index (χ0n) is 14.2. The Hall–Kier alpha value is -1.40. The van der Waals surface area contributed by atoms with E-state index in [-0.39, 0.29) is 17.8 Å². The summed E-state index contributed by atoms with van der Waals surface area (Å²) in [7, 11) is -3.29. The highest BCUT2D eigenvalue weighted by molar-refractivity contribution is 7.91. The second kappa shape index (κ2) is 9.18. The van der Waals surface area contributed by atoms with Crippen LogP contribution in [0.2, 0.25) is 0 Å². The molecule has 1 unspecified atom stereocenters. The molecule has 1 aliphatic rings. The Morgan fingerprint density at radius 1 is 1.25 bits per heavy atom. The van der Waals surface area contributed by atoms with E-state index in [2.05, 4.69) is 5.32 Å². The van der Waals surface area contributed by atoms with E-state index in [1.165, 1.54) is 12.8 Å². The van der Waals surface area contributed by atoms with Gasteiger partial charge in [-0.15, -0.1) is 0 Å². The molecule has 1 aromatic carbocycles. The van der Waals surface area contributed by atoms with Crippen LogP contribution in [0.25, 0.3) is 0 Å². The van der Waals surface area contributed by atoms with E-state index in [0.29, 0.717) is 24.3 Å². The van der Waals surface area contributed by atoms with Crippen molar-refractivity contribution in [3.05, 3.63) is 30.3 Å². The van der Waals surface area contributed by atoms with Crippen molar-refractivity contribution < 1.29 is 17.9 Å². The minimum absolute atomic E-state index is 0.0254. The average molecular weight is 353 g/mol. The van der Waals surface area contributed by atoms with Gasteiger partial charge in [0.05, 0.1) is 16.8 Å². The molecule has 1 amide bonds. The van der Waals surface area contributed by atoms with Gasteiger partial charge in [0.25, 0.3) is 0 Å². The summed E-state index contributed by atoms with van der Waals surface area (Å²) in [5.41, 5.74) is 0. The summed E-state index contributed by atoms with van der Waals surface area (Å²) in [6.07, 6.45) is 5.17. The molecule has 0 radical (unpaired) electrons. The number of benzene rings is 1. The van der Waals surface area contributed by atoms with Crippen LogP contribution in [0.4, 0.5) is 0 Å². The minimum Gasteiger partial charge on any atom is -0.365 e. The smallest absolute Gasteiger partial charge is 0.249 e. The molecular formula is C18H27NO4S. The first-order chi connectivity index (χ1) is 11.5. The van der Waals surface area contributed by atoms with Crippen LogP contribution >= 0.6 is 0 Å². The summed E-state index contributed by atoms with van der Waals surface area (Å²) in [6.45, 7) is 2.27. The molecule has 5 nitrogen and oxygen atoms in total. The van der Waals surface area contributed by atoms with E-state index in [9.17, 15) is 13.2 Å². The van der Waals surface area contributed by atoms with Crippen molar-refractivity contribution in [2.75, 3.05) is 12.3 Å². The maximum atomic E-state index is 12.2. The van der Waals surface area contributed by atoms with Crippen molar-refractivity contribution in [3.63, 3.8) is 0 Å². The van der Waals surface area contributed by atoms with Crippen LogP contribution in [0, 0.1) is 0 Å². The summed E-state index contributed by atoms with van der Waals surface area (Å²) in [5.74, 6) is -0.112. The lowest BCUT2D eigenvalue weighted by Gasteiger charge is -2.20. The SMILES string of the molecule is CCC(OC1CCCC1)C(=O)NCCCS(=O)(=O)c1ccccc1. The van der Waals surface area contributed by atoms with Gasteiger partial charge in [-0.25, -0.2) is 8.42 Å². The van der Waals surface area contributed by atoms with E-state index in [0.717, 1.165) is 12.8 Å². The Morgan fingerprint density at radius 3 is 2.54 bits per heavy atom. The number of carbonyl (C=O) groups excluding carboxylic acids is 1. The molecule has 134 valence electrons. The number of rotatable bonds is 9. The van der Waals surface area contributed by atoms with Gasteiger partial charge in [0.2, 0.25) is 5.91 Å². The minimum atomic E-state index is -3.29. The first-order valence-corrected chi connectivity index (χ1v) is 10.4. The monoisotopic (exact) mass is 353 g/mol. The summed E-state index contributed by atoms with van der Waals surface area (Å²) >= 11 is 0. The fraction of sp³-hybridized carbons (Fsp3) is 0.611. The number of ether oxygens (including phenoxy) is 1. The fourth-order valence-corrected chi connectivity index (χ4v) is 4.27. The Labute approximate surface area is 144 Å². The molecule has 0 heterocycles. The van der Waals surface area contributed by atoms with E-state index in [1.54, 1.807) is 30.3 Å². The Kier molecular flexibility index (Phi) is 7.24. The Morgan fingerprint density at radius 2 is 1.92 bits per heavy atom. The molecule has 1 saturated carbocycles. The third-order valence-electron chi connectivity index (χ3n) is 4.31. The lowest BCUT2D eigenvalue weighted by Crippen LogP contribution is -2.38. The summed E-state index contributed by atoms with van der Waals surface area (Å²) in [5, 5.41) is 2.80. The summed E-state index contributed by atoms with van der Waals surface area (Å²) < 4.78 is 30.2. The predicted molar refractivity (Wildman–Crippen MR) is 93.5 cm³/mol. The molecule has 24 heavy (non-hydrogen) atoms. The average Bonchev–Trinajstić information content (AvgIpc) is 3.10. The van der Waals surface area contributed by atoms with Crippen LogP contribution in [0.15, 0.2) is 35.2 Å². The van der Waals surface area contributed by atoms with Crippen LogP contribution in [0.3, 0.4) is 0 Å². The first kappa shape index (κ1) is 18.9. The molecule has 1 aromatic rings. The van der Waals surface area contributed by atoms with Gasteiger partial charge >= 0.3 is 0 Å². The largest absolute Gasteiger partial charge is 0.365 e. The van der Waals surface area contributed by atoms with Crippen molar-refractivity contribution >= 4 is 15.7 Å². The second-order valence-electron chi connectivity index (χ2n) is 6.22. The molecule has 1 atom stereocenters. The molecule has 0 aromatic heterocycles. The van der Waals surface area contributed by atoms with Crippen LogP contribution in [-0.4, -0.2) is 38.8 Å². The topological polar surface area (TPSA) is 72.5 Å². The molecular weight excluding hydrogens is 326 g/mol. The van der Waals surface area contributed by atoms with Gasteiger partial charge in [0.15, 0.2) is 9.84 Å². The van der Waals surface area contributed by atoms with Crippen LogP contribution in [0.1, 0.15) is 45.4 Å². The van der Waals surface area contributed by atoms with Crippen molar-refractivity contribution in [2.24, 2.45) is 0 Å². The molecule has 1 N–H and O–H groups in total. The van der Waals surface area contributed by atoms with Crippen molar-refractivity contribution in [1.82, 2.24) is 5.32 Å². The van der Waals surface area contributed by atoms with Crippen molar-refractivity contribution in [1.29, 1.82) is 0 Å². The van der Waals surface area contributed by atoms with Crippen molar-refractivity contribution in [3.8, 4) is 0 Å². The lowest BCUT2D eigenvalue weighted by atomic mass is 10.2. The van der Waals surface area contributed by atoms with Gasteiger partial charge in [-0.2, -0.15) is 0 Å². The predicted octanol–water partition coefficient (Wildman–Crippen LogP) is 2.70. The van der Waals surface area contributed by atoms with Gasteiger partial charge < -0.3 is 10.1 Å². The number of sulfone groups is 1. The molecule has 0 spiro atoms. The van der Waals surface area contributed by atoms with Crippen LogP contribution < -0.4 is 5.32 Å². The third-order valence-corrected chi connectivity index (χ3v) is 6.13. The number of hydrogen-bond acceptors (Lipinski definition) is 4. The van der Waals surface area contributed by atoms with Crippen LogP contribution in [0.5, 0.6) is 0 Å². The van der Waals surface area contributed by atoms with Gasteiger partial charge in [-0.05, 0) is 37.8 Å². The van der Waals surface area contributed by atoms with E-state index >= 15 is 0 Å². The van der Waals surface area contributed by atoms with Gasteiger partial charge in [0, 0.05) is 6.54 Å². The maximum Gasteiger partial charge on any atom is 0.249 e. The zero-order valence-corrected chi connectivity index (χ0v) is 15.1. The van der Waals surface area contributed by atoms with Crippen LogP contribution in [-0.2, 0) is 19.4 Å². The summed E-state index contributed by atoms with van der Waals surface area (Å²) in [4.78, 5) is 12.5. The lowest BCUT2D eigenvalue weighted by molar-refractivity contribution is -0.136. The number of carbonyl (C=O) groups is 1. The molecule has 0 saturated heterocycles. The molecule has 1 aliphatic carbocycles. The van der Waals surface area contributed by atoms with Crippen molar-refractivity contribution in [2.45, 2.75) is 62.6 Å². The van der Waals surface area contributed by atoms with E-state index in [4.69, 9.17) is 4.74 Å². The molecule has 1 fully saturated rings. The standard InChI is InChI=1S/C18H27NO4S/c1-2-17(23-15-9-6-7-10-15)18(20)19-13-8-14-24(21,22)16-11-4-3-5-12-16/h3-5,11-12,15,17H,2,6-10,13-14H2,1H3,(H,19,20). The maximum absolute atomic E-state index is 12.2. The first-order valence-electron chi connectivity index (χ1n) is 8.74. The molecule has 0 aliphatic heterocycles. The normalized spacial score (nSPS) is 16.9. The highest BCUT2D eigenvalue weighted by atomic mass is 32.2. The van der Waals surface area contributed by atoms with E-state index < -0.39 is 15.9 Å². The zero-order chi connectivity index (χ0) is 17.4. The number of nitrogens with one attached hydrogen (secondary N) is 1. The third kappa shape index (κ3) is 5.60. The highest BCUT2D eigenvalue weighted by Crippen LogP contribution is 2.23.